The van der Waals surface area contributed by atoms with E-state index in [-0.39, 0.29) is 24.0 Å². The van der Waals surface area contributed by atoms with Crippen LogP contribution in [0.3, 0.4) is 0 Å². The Balaban J connectivity index is 1.72. The van der Waals surface area contributed by atoms with Crippen molar-refractivity contribution in [1.29, 1.82) is 0 Å². The number of ether oxygens (including phenoxy) is 1. The summed E-state index contributed by atoms with van der Waals surface area (Å²) in [5.74, 6) is 1.11. The number of rotatable bonds is 9. The smallest absolute Gasteiger partial charge is 0.225 e. The van der Waals surface area contributed by atoms with Gasteiger partial charge in [-0.3, -0.25) is 9.79 Å². The molecular weight excluding hydrogens is 352 g/mol. The molecule has 2 atom stereocenters. The maximum atomic E-state index is 12.1. The van der Waals surface area contributed by atoms with Gasteiger partial charge in [-0.25, -0.2) is 0 Å². The molecule has 2 unspecified atom stereocenters. The van der Waals surface area contributed by atoms with Gasteiger partial charge in [0, 0.05) is 44.7 Å². The second-order valence-corrected chi connectivity index (χ2v) is 7.61. The number of nitrogens with zero attached hydrogens (tertiary/aromatic N) is 2. The van der Waals surface area contributed by atoms with E-state index in [1.807, 2.05) is 36.9 Å². The molecule has 0 saturated carbocycles. The van der Waals surface area contributed by atoms with Crippen LogP contribution >= 0.6 is 0 Å². The van der Waals surface area contributed by atoms with Crippen molar-refractivity contribution in [3.63, 3.8) is 0 Å². The number of benzene rings is 1. The topological polar surface area (TPSA) is 66.0 Å². The van der Waals surface area contributed by atoms with Crippen LogP contribution in [0.15, 0.2) is 35.3 Å². The Labute approximate surface area is 169 Å². The van der Waals surface area contributed by atoms with Crippen LogP contribution in [0, 0.1) is 5.92 Å². The first-order chi connectivity index (χ1) is 13.5. The third kappa shape index (κ3) is 7.15. The molecule has 1 aromatic rings. The zero-order chi connectivity index (χ0) is 20.4. The van der Waals surface area contributed by atoms with Gasteiger partial charge < -0.3 is 20.3 Å². The summed E-state index contributed by atoms with van der Waals surface area (Å²) >= 11 is 0. The highest BCUT2D eigenvalue weighted by atomic mass is 16.5. The lowest BCUT2D eigenvalue weighted by atomic mass is 10.1. The lowest BCUT2D eigenvalue weighted by Gasteiger charge is -2.20. The fourth-order valence-electron chi connectivity index (χ4n) is 3.29. The molecule has 6 heteroatoms. The normalized spacial score (nSPS) is 18.4. The molecule has 28 heavy (non-hydrogen) atoms. The molecule has 1 aliphatic rings. The monoisotopic (exact) mass is 388 g/mol. The summed E-state index contributed by atoms with van der Waals surface area (Å²) < 4.78 is 5.91. The number of carbonyl (C=O) groups excluding carboxylic acids is 1. The summed E-state index contributed by atoms with van der Waals surface area (Å²) in [4.78, 5) is 18.8. The molecule has 0 radical (unpaired) electrons. The molecule has 0 bridgehead atoms. The number of carbonyl (C=O) groups is 1. The first-order valence-corrected chi connectivity index (χ1v) is 10.5. The highest BCUT2D eigenvalue weighted by Crippen LogP contribution is 2.16. The predicted molar refractivity (Wildman–Crippen MR) is 114 cm³/mol. The van der Waals surface area contributed by atoms with Crippen molar-refractivity contribution in [3.05, 3.63) is 35.9 Å². The molecule has 6 nitrogen and oxygen atoms in total. The summed E-state index contributed by atoms with van der Waals surface area (Å²) in [6, 6.07) is 10.5. The number of hydrogen-bond donors (Lipinski definition) is 2. The fraction of sp³-hybridized carbons (Fsp3) is 0.636. The number of aliphatic imine (C=N–C) groups is 1. The second-order valence-electron chi connectivity index (χ2n) is 7.61. The van der Waals surface area contributed by atoms with E-state index in [9.17, 15) is 4.79 Å². The zero-order valence-electron chi connectivity index (χ0n) is 17.8. The number of amides is 1. The van der Waals surface area contributed by atoms with Crippen molar-refractivity contribution in [2.75, 3.05) is 32.8 Å². The molecule has 1 aliphatic heterocycles. The van der Waals surface area contributed by atoms with E-state index in [1.54, 1.807) is 0 Å². The molecule has 2 N–H and O–H groups in total. The van der Waals surface area contributed by atoms with Gasteiger partial charge in [0.25, 0.3) is 0 Å². The van der Waals surface area contributed by atoms with E-state index < -0.39 is 0 Å². The van der Waals surface area contributed by atoms with Gasteiger partial charge in [0.15, 0.2) is 5.96 Å². The molecule has 1 fully saturated rings. The van der Waals surface area contributed by atoms with Gasteiger partial charge in [0.05, 0.1) is 6.10 Å². The van der Waals surface area contributed by atoms with E-state index in [1.165, 1.54) is 5.56 Å². The maximum absolute atomic E-state index is 12.1. The Bertz CT molecular complexity index is 618. The van der Waals surface area contributed by atoms with Crippen LogP contribution < -0.4 is 10.6 Å². The van der Waals surface area contributed by atoms with Crippen molar-refractivity contribution in [2.45, 2.75) is 52.7 Å². The highest BCUT2D eigenvalue weighted by molar-refractivity contribution is 5.81. The average Bonchev–Trinajstić information content (AvgIpc) is 3.16. The van der Waals surface area contributed by atoms with E-state index in [4.69, 9.17) is 4.74 Å². The summed E-state index contributed by atoms with van der Waals surface area (Å²) in [5.41, 5.74) is 1.20. The van der Waals surface area contributed by atoms with Crippen LogP contribution in [0.1, 0.15) is 52.2 Å². The molecule has 2 rings (SSSR count). The van der Waals surface area contributed by atoms with Crippen LogP contribution in [0.4, 0.5) is 0 Å². The predicted octanol–water partition coefficient (Wildman–Crippen LogP) is 2.97. The van der Waals surface area contributed by atoms with Crippen molar-refractivity contribution < 1.29 is 9.53 Å². The van der Waals surface area contributed by atoms with Gasteiger partial charge in [0.1, 0.15) is 0 Å². The fourth-order valence-corrected chi connectivity index (χ4v) is 3.29. The number of likely N-dealkylation sites (tertiary alicyclic amines) is 1. The van der Waals surface area contributed by atoms with Crippen LogP contribution in [-0.2, 0) is 9.53 Å². The third-order valence-electron chi connectivity index (χ3n) is 4.89. The summed E-state index contributed by atoms with van der Waals surface area (Å²) in [6.07, 6.45) is 1.93. The van der Waals surface area contributed by atoms with Gasteiger partial charge in [-0.05, 0) is 32.3 Å². The standard InChI is InChI=1S/C22H36N4O2/c1-5-23-22(25-20-12-14-26(16-20)21(27)17(2)3)24-13-9-15-28-18(4)19-10-7-6-8-11-19/h6-8,10-11,17-18,20H,5,9,12-16H2,1-4H3,(H2,23,24,25). The first kappa shape index (κ1) is 22.2. The number of guanidine groups is 1. The van der Waals surface area contributed by atoms with Gasteiger partial charge >= 0.3 is 0 Å². The lowest BCUT2D eigenvalue weighted by Crippen LogP contribution is -2.45. The third-order valence-corrected chi connectivity index (χ3v) is 4.89. The second kappa shape index (κ2) is 11.7. The summed E-state index contributed by atoms with van der Waals surface area (Å²) in [5, 5.41) is 6.77. The number of hydrogen-bond acceptors (Lipinski definition) is 3. The SMILES string of the molecule is CCNC(=NCCCOC(C)c1ccccc1)NC1CCN(C(=O)C(C)C)C1. The molecule has 0 aromatic heterocycles. The van der Waals surface area contributed by atoms with Crippen LogP contribution in [0.25, 0.3) is 0 Å². The Hall–Kier alpha value is -2.08. The van der Waals surface area contributed by atoms with Crippen molar-refractivity contribution in [3.8, 4) is 0 Å². The largest absolute Gasteiger partial charge is 0.374 e. The lowest BCUT2D eigenvalue weighted by molar-refractivity contribution is -0.133. The minimum absolute atomic E-state index is 0.0546. The van der Waals surface area contributed by atoms with E-state index in [0.717, 1.165) is 38.4 Å². The van der Waals surface area contributed by atoms with Crippen molar-refractivity contribution >= 4 is 11.9 Å². The Kier molecular flexibility index (Phi) is 9.28. The molecule has 1 heterocycles. The minimum Gasteiger partial charge on any atom is -0.374 e. The van der Waals surface area contributed by atoms with Gasteiger partial charge in [0.2, 0.25) is 5.91 Å². The van der Waals surface area contributed by atoms with Gasteiger partial charge in [-0.15, -0.1) is 0 Å². The van der Waals surface area contributed by atoms with Crippen molar-refractivity contribution in [1.82, 2.24) is 15.5 Å². The quantitative estimate of drug-likeness (QED) is 0.388. The van der Waals surface area contributed by atoms with E-state index in [2.05, 4.69) is 41.6 Å². The summed E-state index contributed by atoms with van der Waals surface area (Å²) in [7, 11) is 0. The Morgan fingerprint density at radius 2 is 2.04 bits per heavy atom. The van der Waals surface area contributed by atoms with Crippen LogP contribution in [0.2, 0.25) is 0 Å². The molecule has 156 valence electrons. The highest BCUT2D eigenvalue weighted by Gasteiger charge is 2.27. The molecule has 0 spiro atoms. The Morgan fingerprint density at radius 3 is 2.71 bits per heavy atom. The van der Waals surface area contributed by atoms with Gasteiger partial charge in [-0.1, -0.05) is 44.2 Å². The summed E-state index contributed by atoms with van der Waals surface area (Å²) in [6.45, 7) is 11.8. The molecular formula is C22H36N4O2. The van der Waals surface area contributed by atoms with E-state index in [0.29, 0.717) is 13.2 Å². The maximum Gasteiger partial charge on any atom is 0.225 e. The van der Waals surface area contributed by atoms with Crippen molar-refractivity contribution in [2.24, 2.45) is 10.9 Å². The van der Waals surface area contributed by atoms with Crippen LogP contribution in [0.5, 0.6) is 0 Å². The van der Waals surface area contributed by atoms with Crippen LogP contribution in [-0.4, -0.2) is 55.6 Å². The first-order valence-electron chi connectivity index (χ1n) is 10.5. The van der Waals surface area contributed by atoms with Gasteiger partial charge in [-0.2, -0.15) is 0 Å². The average molecular weight is 389 g/mol. The molecule has 1 amide bonds. The minimum atomic E-state index is 0.0546. The molecule has 1 aromatic carbocycles. The van der Waals surface area contributed by atoms with E-state index >= 15 is 0 Å². The zero-order valence-corrected chi connectivity index (χ0v) is 17.8. The number of nitrogens with one attached hydrogen (secondary N) is 2. The molecule has 0 aliphatic carbocycles. The molecule has 1 saturated heterocycles. The Morgan fingerprint density at radius 1 is 1.29 bits per heavy atom.